The SMILES string of the molecule is Cc1cccc(C)c1Nc1cnnc(Nc2ccccc2OC(C)C)n1. The molecule has 1 aromatic heterocycles. The number of nitrogens with zero attached hydrogens (tertiary/aromatic N) is 3. The zero-order valence-electron chi connectivity index (χ0n) is 15.4. The molecule has 6 heteroatoms. The van der Waals surface area contributed by atoms with E-state index in [-0.39, 0.29) is 6.10 Å². The number of para-hydroxylation sites is 3. The van der Waals surface area contributed by atoms with Gasteiger partial charge in [-0.05, 0) is 51.0 Å². The average molecular weight is 349 g/mol. The van der Waals surface area contributed by atoms with Gasteiger partial charge in [0.1, 0.15) is 5.75 Å². The maximum Gasteiger partial charge on any atom is 0.249 e. The van der Waals surface area contributed by atoms with Crippen LogP contribution < -0.4 is 15.4 Å². The van der Waals surface area contributed by atoms with Gasteiger partial charge < -0.3 is 15.4 Å². The molecule has 0 aliphatic heterocycles. The smallest absolute Gasteiger partial charge is 0.249 e. The first kappa shape index (κ1) is 17.7. The summed E-state index contributed by atoms with van der Waals surface area (Å²) in [7, 11) is 0. The van der Waals surface area contributed by atoms with Crippen molar-refractivity contribution in [1.29, 1.82) is 0 Å². The predicted molar refractivity (Wildman–Crippen MR) is 105 cm³/mol. The van der Waals surface area contributed by atoms with Crippen LogP contribution in [0.4, 0.5) is 23.1 Å². The Morgan fingerprint density at radius 1 is 0.923 bits per heavy atom. The second kappa shape index (κ2) is 7.82. The molecule has 0 bridgehead atoms. The molecular formula is C20H23N5O. The number of anilines is 4. The quantitative estimate of drug-likeness (QED) is 0.668. The van der Waals surface area contributed by atoms with Gasteiger partial charge >= 0.3 is 0 Å². The van der Waals surface area contributed by atoms with Gasteiger partial charge in [0.25, 0.3) is 0 Å². The Labute approximate surface area is 153 Å². The number of hydrogen-bond acceptors (Lipinski definition) is 6. The van der Waals surface area contributed by atoms with E-state index in [1.54, 1.807) is 6.20 Å². The van der Waals surface area contributed by atoms with Gasteiger partial charge in [-0.3, -0.25) is 0 Å². The van der Waals surface area contributed by atoms with Crippen LogP contribution in [-0.4, -0.2) is 21.3 Å². The molecule has 0 spiro atoms. The summed E-state index contributed by atoms with van der Waals surface area (Å²) in [5.41, 5.74) is 4.12. The molecule has 26 heavy (non-hydrogen) atoms. The molecule has 3 rings (SSSR count). The summed E-state index contributed by atoms with van der Waals surface area (Å²) in [5.74, 6) is 1.78. The molecule has 0 aliphatic carbocycles. The molecule has 0 amide bonds. The summed E-state index contributed by atoms with van der Waals surface area (Å²) in [5, 5.41) is 14.6. The maximum absolute atomic E-state index is 5.82. The number of hydrogen-bond donors (Lipinski definition) is 2. The van der Waals surface area contributed by atoms with Crippen molar-refractivity contribution in [2.24, 2.45) is 0 Å². The molecular weight excluding hydrogens is 326 g/mol. The third kappa shape index (κ3) is 4.27. The van der Waals surface area contributed by atoms with Crippen LogP contribution >= 0.6 is 0 Å². The lowest BCUT2D eigenvalue weighted by Gasteiger charge is -2.15. The van der Waals surface area contributed by atoms with E-state index < -0.39 is 0 Å². The van der Waals surface area contributed by atoms with Crippen molar-refractivity contribution < 1.29 is 4.74 Å². The van der Waals surface area contributed by atoms with Gasteiger partial charge in [0.05, 0.1) is 18.0 Å². The van der Waals surface area contributed by atoms with Crippen molar-refractivity contribution >= 4 is 23.1 Å². The summed E-state index contributed by atoms with van der Waals surface area (Å²) in [6.45, 7) is 8.10. The van der Waals surface area contributed by atoms with Crippen LogP contribution in [0.2, 0.25) is 0 Å². The van der Waals surface area contributed by atoms with E-state index in [4.69, 9.17) is 4.74 Å². The summed E-state index contributed by atoms with van der Waals surface area (Å²) in [6.07, 6.45) is 1.68. The monoisotopic (exact) mass is 349 g/mol. The summed E-state index contributed by atoms with van der Waals surface area (Å²) < 4.78 is 5.82. The minimum absolute atomic E-state index is 0.0778. The first-order valence-corrected chi connectivity index (χ1v) is 8.58. The minimum Gasteiger partial charge on any atom is -0.489 e. The van der Waals surface area contributed by atoms with Crippen LogP contribution in [0.15, 0.2) is 48.7 Å². The van der Waals surface area contributed by atoms with E-state index in [0.717, 1.165) is 28.3 Å². The van der Waals surface area contributed by atoms with Crippen molar-refractivity contribution in [2.45, 2.75) is 33.8 Å². The van der Waals surface area contributed by atoms with E-state index in [2.05, 4.69) is 51.8 Å². The Kier molecular flexibility index (Phi) is 5.31. The van der Waals surface area contributed by atoms with Crippen LogP contribution in [0.1, 0.15) is 25.0 Å². The lowest BCUT2D eigenvalue weighted by molar-refractivity contribution is 0.244. The highest BCUT2D eigenvalue weighted by molar-refractivity contribution is 5.66. The Balaban J connectivity index is 1.83. The average Bonchev–Trinajstić information content (AvgIpc) is 2.60. The van der Waals surface area contributed by atoms with Gasteiger partial charge in [-0.1, -0.05) is 30.3 Å². The lowest BCUT2D eigenvalue weighted by Crippen LogP contribution is -2.08. The number of nitrogens with one attached hydrogen (secondary N) is 2. The largest absolute Gasteiger partial charge is 0.489 e. The highest BCUT2D eigenvalue weighted by atomic mass is 16.5. The van der Waals surface area contributed by atoms with Gasteiger partial charge in [-0.15, -0.1) is 5.10 Å². The fourth-order valence-corrected chi connectivity index (χ4v) is 2.60. The van der Waals surface area contributed by atoms with Crippen molar-refractivity contribution in [3.05, 3.63) is 59.8 Å². The molecule has 1 heterocycles. The predicted octanol–water partition coefficient (Wildman–Crippen LogP) is 4.76. The topological polar surface area (TPSA) is 72.0 Å². The van der Waals surface area contributed by atoms with E-state index in [0.29, 0.717) is 11.8 Å². The number of benzene rings is 2. The van der Waals surface area contributed by atoms with E-state index >= 15 is 0 Å². The first-order chi connectivity index (χ1) is 12.5. The lowest BCUT2D eigenvalue weighted by atomic mass is 10.1. The fourth-order valence-electron chi connectivity index (χ4n) is 2.60. The molecule has 0 saturated carbocycles. The van der Waals surface area contributed by atoms with Crippen molar-refractivity contribution in [2.75, 3.05) is 10.6 Å². The molecule has 0 fully saturated rings. The first-order valence-electron chi connectivity index (χ1n) is 8.58. The standard InChI is InChI=1S/C20H23N5O/c1-13(2)26-17-11-6-5-10-16(17)22-20-24-18(12-21-25-20)23-19-14(3)8-7-9-15(19)4/h5-13H,1-4H3,(H2,22,23,24,25). The summed E-state index contributed by atoms with van der Waals surface area (Å²) in [4.78, 5) is 4.51. The number of aromatic nitrogens is 3. The zero-order chi connectivity index (χ0) is 18.5. The Bertz CT molecular complexity index is 875. The highest BCUT2D eigenvalue weighted by Crippen LogP contribution is 2.28. The van der Waals surface area contributed by atoms with Gasteiger partial charge in [-0.25, -0.2) is 0 Å². The Morgan fingerprint density at radius 3 is 2.38 bits per heavy atom. The minimum atomic E-state index is 0.0778. The van der Waals surface area contributed by atoms with Crippen molar-refractivity contribution in [3.63, 3.8) is 0 Å². The second-order valence-corrected chi connectivity index (χ2v) is 6.34. The maximum atomic E-state index is 5.82. The normalized spacial score (nSPS) is 10.7. The van der Waals surface area contributed by atoms with E-state index in [1.807, 2.05) is 44.2 Å². The van der Waals surface area contributed by atoms with Crippen LogP contribution in [0, 0.1) is 13.8 Å². The third-order valence-corrected chi connectivity index (χ3v) is 3.79. The van der Waals surface area contributed by atoms with Crippen LogP contribution in [0.25, 0.3) is 0 Å². The fraction of sp³-hybridized carbons (Fsp3) is 0.250. The van der Waals surface area contributed by atoms with Crippen LogP contribution in [0.5, 0.6) is 5.75 Å². The molecule has 6 nitrogen and oxygen atoms in total. The molecule has 0 saturated heterocycles. The van der Waals surface area contributed by atoms with Crippen LogP contribution in [-0.2, 0) is 0 Å². The highest BCUT2D eigenvalue weighted by Gasteiger charge is 2.09. The number of ether oxygens (including phenoxy) is 1. The summed E-state index contributed by atoms with van der Waals surface area (Å²) in [6, 6.07) is 13.8. The van der Waals surface area contributed by atoms with Gasteiger partial charge in [0.2, 0.25) is 5.95 Å². The van der Waals surface area contributed by atoms with Crippen molar-refractivity contribution in [1.82, 2.24) is 15.2 Å². The van der Waals surface area contributed by atoms with Gasteiger partial charge in [0, 0.05) is 5.69 Å². The molecule has 134 valence electrons. The molecule has 0 radical (unpaired) electrons. The molecule has 2 N–H and O–H groups in total. The number of aryl methyl sites for hydroxylation is 2. The van der Waals surface area contributed by atoms with E-state index in [9.17, 15) is 0 Å². The second-order valence-electron chi connectivity index (χ2n) is 6.34. The Hall–Kier alpha value is -3.15. The molecule has 2 aromatic carbocycles. The summed E-state index contributed by atoms with van der Waals surface area (Å²) >= 11 is 0. The molecule has 0 aliphatic rings. The molecule has 0 atom stereocenters. The van der Waals surface area contributed by atoms with E-state index in [1.165, 1.54) is 0 Å². The Morgan fingerprint density at radius 2 is 1.65 bits per heavy atom. The van der Waals surface area contributed by atoms with Gasteiger partial charge in [-0.2, -0.15) is 10.1 Å². The molecule has 0 unspecified atom stereocenters. The number of rotatable bonds is 6. The van der Waals surface area contributed by atoms with Crippen molar-refractivity contribution in [3.8, 4) is 5.75 Å². The van der Waals surface area contributed by atoms with Gasteiger partial charge in [0.15, 0.2) is 5.82 Å². The third-order valence-electron chi connectivity index (χ3n) is 3.79. The van der Waals surface area contributed by atoms with Crippen LogP contribution in [0.3, 0.4) is 0 Å². The zero-order valence-corrected chi connectivity index (χ0v) is 15.4. The molecule has 3 aromatic rings.